The lowest BCUT2D eigenvalue weighted by molar-refractivity contribution is 0.121. The summed E-state index contributed by atoms with van der Waals surface area (Å²) in [6.45, 7) is 2.90. The molecule has 0 aromatic heterocycles. The van der Waals surface area contributed by atoms with Crippen LogP contribution >= 0.6 is 0 Å². The van der Waals surface area contributed by atoms with Crippen LogP contribution in [0.5, 0.6) is 5.75 Å². The summed E-state index contributed by atoms with van der Waals surface area (Å²) in [6, 6.07) is 6.94. The maximum Gasteiger partial charge on any atom is 0.119 e. The number of methoxy groups -OCH3 is 1. The van der Waals surface area contributed by atoms with Crippen molar-refractivity contribution in [1.82, 2.24) is 5.32 Å². The fraction of sp³-hybridized carbons (Fsp3) is 0.647. The molecule has 20 heavy (non-hydrogen) atoms. The minimum Gasteiger partial charge on any atom is -0.497 e. The third kappa shape index (κ3) is 3.53. The highest BCUT2D eigenvalue weighted by Gasteiger charge is 2.22. The van der Waals surface area contributed by atoms with Crippen molar-refractivity contribution >= 4 is 0 Å². The van der Waals surface area contributed by atoms with Crippen molar-refractivity contribution in [3.05, 3.63) is 29.3 Å². The number of ether oxygens (including phenoxy) is 2. The standard InChI is InChI=1S/C17H25NO2/c1-19-15-7-5-14-6-8-17(16(14)11-15)18-9-2-10-20-12-13-3-4-13/h5,7,11,13,17-18H,2-4,6,8-10,12H2,1H3. The molecule has 1 saturated carbocycles. The van der Waals surface area contributed by atoms with E-state index in [0.29, 0.717) is 6.04 Å². The van der Waals surface area contributed by atoms with Crippen LogP contribution in [0.15, 0.2) is 18.2 Å². The van der Waals surface area contributed by atoms with Crippen LogP contribution in [0.4, 0.5) is 0 Å². The molecule has 110 valence electrons. The number of nitrogens with one attached hydrogen (secondary N) is 1. The molecule has 3 nitrogen and oxygen atoms in total. The lowest BCUT2D eigenvalue weighted by atomic mass is 10.1. The Balaban J connectivity index is 1.40. The van der Waals surface area contributed by atoms with E-state index in [4.69, 9.17) is 9.47 Å². The third-order valence-corrected chi connectivity index (χ3v) is 4.34. The van der Waals surface area contributed by atoms with Gasteiger partial charge in [-0.05, 0) is 67.8 Å². The maximum absolute atomic E-state index is 5.67. The van der Waals surface area contributed by atoms with Crippen LogP contribution in [-0.4, -0.2) is 26.9 Å². The average molecular weight is 275 g/mol. The monoisotopic (exact) mass is 275 g/mol. The van der Waals surface area contributed by atoms with Gasteiger partial charge in [0.15, 0.2) is 0 Å². The molecule has 2 aliphatic rings. The van der Waals surface area contributed by atoms with Crippen molar-refractivity contribution in [2.24, 2.45) is 5.92 Å². The molecule has 1 unspecified atom stereocenters. The van der Waals surface area contributed by atoms with Gasteiger partial charge in [0.05, 0.1) is 7.11 Å². The molecule has 3 rings (SSSR count). The number of hydrogen-bond donors (Lipinski definition) is 1. The highest BCUT2D eigenvalue weighted by atomic mass is 16.5. The lowest BCUT2D eigenvalue weighted by Crippen LogP contribution is -2.21. The normalized spacial score (nSPS) is 20.9. The molecule has 2 aliphatic carbocycles. The highest BCUT2D eigenvalue weighted by molar-refractivity contribution is 5.40. The summed E-state index contributed by atoms with van der Waals surface area (Å²) in [5.41, 5.74) is 2.89. The molecule has 0 saturated heterocycles. The van der Waals surface area contributed by atoms with E-state index in [0.717, 1.165) is 37.8 Å². The first-order chi connectivity index (χ1) is 9.86. The van der Waals surface area contributed by atoms with Crippen LogP contribution < -0.4 is 10.1 Å². The van der Waals surface area contributed by atoms with Crippen molar-refractivity contribution in [2.45, 2.75) is 38.1 Å². The van der Waals surface area contributed by atoms with Gasteiger partial charge in [-0.25, -0.2) is 0 Å². The largest absolute Gasteiger partial charge is 0.497 e. The number of aryl methyl sites for hydroxylation is 1. The summed E-state index contributed by atoms with van der Waals surface area (Å²) in [6.07, 6.45) is 6.22. The first kappa shape index (κ1) is 13.9. The van der Waals surface area contributed by atoms with Gasteiger partial charge in [0.25, 0.3) is 0 Å². The van der Waals surface area contributed by atoms with E-state index in [2.05, 4.69) is 23.5 Å². The van der Waals surface area contributed by atoms with Gasteiger partial charge in [-0.1, -0.05) is 6.07 Å². The van der Waals surface area contributed by atoms with E-state index in [-0.39, 0.29) is 0 Å². The van der Waals surface area contributed by atoms with Gasteiger partial charge >= 0.3 is 0 Å². The van der Waals surface area contributed by atoms with Crippen molar-refractivity contribution in [2.75, 3.05) is 26.9 Å². The van der Waals surface area contributed by atoms with Gasteiger partial charge in [0.2, 0.25) is 0 Å². The van der Waals surface area contributed by atoms with Crippen LogP contribution in [0.2, 0.25) is 0 Å². The molecular formula is C17H25NO2. The summed E-state index contributed by atoms with van der Waals surface area (Å²) < 4.78 is 11.0. The molecule has 1 aromatic carbocycles. The smallest absolute Gasteiger partial charge is 0.119 e. The zero-order valence-electron chi connectivity index (χ0n) is 12.4. The SMILES string of the molecule is COc1ccc2c(c1)C(NCCCOCC1CC1)CC2. The zero-order chi connectivity index (χ0) is 13.8. The number of hydrogen-bond acceptors (Lipinski definition) is 3. The van der Waals surface area contributed by atoms with E-state index < -0.39 is 0 Å². The van der Waals surface area contributed by atoms with Crippen LogP contribution in [0.25, 0.3) is 0 Å². The zero-order valence-corrected chi connectivity index (χ0v) is 12.4. The Hall–Kier alpha value is -1.06. The summed E-state index contributed by atoms with van der Waals surface area (Å²) in [7, 11) is 1.73. The molecule has 1 N–H and O–H groups in total. The number of rotatable bonds is 8. The van der Waals surface area contributed by atoms with Crippen LogP contribution in [0.1, 0.15) is 42.9 Å². The Bertz CT molecular complexity index is 443. The lowest BCUT2D eigenvalue weighted by Gasteiger charge is -2.15. The molecule has 1 atom stereocenters. The van der Waals surface area contributed by atoms with Crippen LogP contribution in [0.3, 0.4) is 0 Å². The summed E-state index contributed by atoms with van der Waals surface area (Å²) in [4.78, 5) is 0. The van der Waals surface area contributed by atoms with E-state index >= 15 is 0 Å². The van der Waals surface area contributed by atoms with Crippen molar-refractivity contribution < 1.29 is 9.47 Å². The fourth-order valence-corrected chi connectivity index (χ4v) is 2.90. The second kappa shape index (κ2) is 6.59. The first-order valence-electron chi connectivity index (χ1n) is 7.85. The number of benzene rings is 1. The molecule has 0 spiro atoms. The fourth-order valence-electron chi connectivity index (χ4n) is 2.90. The highest BCUT2D eigenvalue weighted by Crippen LogP contribution is 2.33. The van der Waals surface area contributed by atoms with Gasteiger partial charge in [-0.3, -0.25) is 0 Å². The van der Waals surface area contributed by atoms with E-state index in [1.807, 2.05) is 0 Å². The van der Waals surface area contributed by atoms with Crippen molar-refractivity contribution in [1.29, 1.82) is 0 Å². The minimum atomic E-state index is 0.489. The molecule has 0 aliphatic heterocycles. The predicted octanol–water partition coefficient (Wildman–Crippen LogP) is 3.09. The quantitative estimate of drug-likeness (QED) is 0.740. The maximum atomic E-state index is 5.67. The Morgan fingerprint density at radius 1 is 1.25 bits per heavy atom. The van der Waals surface area contributed by atoms with Gasteiger partial charge in [-0.2, -0.15) is 0 Å². The third-order valence-electron chi connectivity index (χ3n) is 4.34. The van der Waals surface area contributed by atoms with Gasteiger partial charge in [0, 0.05) is 19.3 Å². The predicted molar refractivity (Wildman–Crippen MR) is 80.2 cm³/mol. The van der Waals surface area contributed by atoms with Gasteiger partial charge in [0.1, 0.15) is 5.75 Å². The first-order valence-corrected chi connectivity index (χ1v) is 7.85. The summed E-state index contributed by atoms with van der Waals surface area (Å²) >= 11 is 0. The van der Waals surface area contributed by atoms with Gasteiger partial charge in [-0.15, -0.1) is 0 Å². The topological polar surface area (TPSA) is 30.5 Å². The minimum absolute atomic E-state index is 0.489. The molecule has 1 aromatic rings. The van der Waals surface area contributed by atoms with Crippen LogP contribution in [0, 0.1) is 5.92 Å². The molecule has 0 bridgehead atoms. The molecule has 0 amide bonds. The average Bonchev–Trinajstić information content (AvgIpc) is 3.22. The Labute approximate surface area is 121 Å². The Morgan fingerprint density at radius 3 is 2.95 bits per heavy atom. The Morgan fingerprint density at radius 2 is 2.15 bits per heavy atom. The van der Waals surface area contributed by atoms with E-state index in [1.54, 1.807) is 7.11 Å². The van der Waals surface area contributed by atoms with Crippen LogP contribution in [-0.2, 0) is 11.2 Å². The molecule has 3 heteroatoms. The molecule has 1 fully saturated rings. The summed E-state index contributed by atoms with van der Waals surface area (Å²) in [5.74, 6) is 1.84. The van der Waals surface area contributed by atoms with Crippen molar-refractivity contribution in [3.63, 3.8) is 0 Å². The molecule has 0 radical (unpaired) electrons. The summed E-state index contributed by atoms with van der Waals surface area (Å²) in [5, 5.41) is 3.66. The molecular weight excluding hydrogens is 250 g/mol. The second-order valence-electron chi connectivity index (χ2n) is 5.98. The van der Waals surface area contributed by atoms with Crippen molar-refractivity contribution in [3.8, 4) is 5.75 Å². The van der Waals surface area contributed by atoms with E-state index in [9.17, 15) is 0 Å². The van der Waals surface area contributed by atoms with Gasteiger partial charge < -0.3 is 14.8 Å². The number of fused-ring (bicyclic) bond motifs is 1. The van der Waals surface area contributed by atoms with E-state index in [1.165, 1.54) is 36.8 Å². The second-order valence-corrected chi connectivity index (χ2v) is 5.98. The Kier molecular flexibility index (Phi) is 4.58. The molecule has 0 heterocycles.